The van der Waals surface area contributed by atoms with E-state index >= 15 is 9.59 Å². The van der Waals surface area contributed by atoms with E-state index in [0.717, 1.165) is 16.3 Å². The fourth-order valence-electron chi connectivity index (χ4n) is 9.74. The number of fused-ring (bicyclic) bond motifs is 5. The third kappa shape index (κ3) is 4.64. The lowest BCUT2D eigenvalue weighted by molar-refractivity contribution is -0.127. The molecule has 0 radical (unpaired) electrons. The number of Topliss-reactive ketones (excluding diaryl/α,β-unsaturated/α-hetero) is 1. The molecule has 8 nitrogen and oxygen atoms in total. The first-order valence-corrected chi connectivity index (χ1v) is 18.1. The Balaban J connectivity index is 1.29. The maximum absolute atomic E-state index is 15.5. The summed E-state index contributed by atoms with van der Waals surface area (Å²) in [6.45, 7) is 1.45. The van der Waals surface area contributed by atoms with Gasteiger partial charge < -0.3 is 5.11 Å². The smallest absolute Gasteiger partial charge is 0.246 e. The summed E-state index contributed by atoms with van der Waals surface area (Å²) < 4.78 is 0. The molecule has 2 saturated heterocycles. The molecule has 0 aromatic heterocycles. The van der Waals surface area contributed by atoms with Crippen molar-refractivity contribution in [2.24, 2.45) is 23.7 Å². The van der Waals surface area contributed by atoms with Crippen molar-refractivity contribution in [1.82, 2.24) is 0 Å². The van der Waals surface area contributed by atoms with Gasteiger partial charge in [0.25, 0.3) is 0 Å². The van der Waals surface area contributed by atoms with Crippen molar-refractivity contribution in [3.63, 3.8) is 0 Å². The molecule has 6 atom stereocenters. The molecule has 0 spiro atoms. The molecule has 1 saturated carbocycles. The standard InChI is InChI=1S/C44H33ClN2O6/c1-24(48)25-14-17-29(18-15-25)46-40(50)33-20-19-32-34(37(33)42(46)52)23-35-41(51)47(30-12-7-11-28(45)22-30)43(53)44(35,27-9-3-2-4-10-27)39(32)38-31-13-6-5-8-26(31)16-21-36(38)49/h2-19,21-22,33-35,37,39,49H,20,23H2,1H3. The van der Waals surface area contributed by atoms with E-state index in [1.54, 1.807) is 54.6 Å². The molecule has 3 fully saturated rings. The third-order valence-corrected chi connectivity index (χ3v) is 12.2. The van der Waals surface area contributed by atoms with E-state index < -0.39 is 46.8 Å². The number of carbonyl (C=O) groups is 5. The van der Waals surface area contributed by atoms with Gasteiger partial charge in [-0.25, -0.2) is 4.90 Å². The van der Waals surface area contributed by atoms with Crippen molar-refractivity contribution in [2.75, 3.05) is 9.80 Å². The first kappa shape index (κ1) is 33.0. The maximum Gasteiger partial charge on any atom is 0.246 e. The van der Waals surface area contributed by atoms with Crippen LogP contribution in [-0.4, -0.2) is 34.5 Å². The molecule has 6 unspecified atom stereocenters. The van der Waals surface area contributed by atoms with Gasteiger partial charge in [0.1, 0.15) is 5.75 Å². The van der Waals surface area contributed by atoms with Crippen LogP contribution in [0.2, 0.25) is 5.02 Å². The molecule has 53 heavy (non-hydrogen) atoms. The molecule has 5 aromatic carbocycles. The topological polar surface area (TPSA) is 112 Å². The van der Waals surface area contributed by atoms with Crippen molar-refractivity contribution < 1.29 is 29.1 Å². The highest BCUT2D eigenvalue weighted by Gasteiger charge is 2.70. The molecule has 262 valence electrons. The minimum atomic E-state index is -1.52. The van der Waals surface area contributed by atoms with Crippen LogP contribution in [0.1, 0.15) is 47.2 Å². The minimum Gasteiger partial charge on any atom is -0.508 e. The fourth-order valence-corrected chi connectivity index (χ4v) is 9.93. The highest BCUT2D eigenvalue weighted by Crippen LogP contribution is 2.66. The van der Waals surface area contributed by atoms with Crippen LogP contribution in [0.3, 0.4) is 0 Å². The molecule has 1 N–H and O–H groups in total. The summed E-state index contributed by atoms with van der Waals surface area (Å²) in [5.74, 6) is -5.72. The minimum absolute atomic E-state index is 0.0334. The first-order valence-electron chi connectivity index (χ1n) is 17.7. The normalized spacial score (nSPS) is 26.4. The van der Waals surface area contributed by atoms with Crippen LogP contribution in [0.4, 0.5) is 11.4 Å². The number of benzene rings is 5. The Labute approximate surface area is 310 Å². The van der Waals surface area contributed by atoms with Crippen molar-refractivity contribution in [2.45, 2.75) is 31.1 Å². The van der Waals surface area contributed by atoms with Crippen molar-refractivity contribution in [1.29, 1.82) is 0 Å². The molecule has 2 aliphatic heterocycles. The quantitative estimate of drug-likeness (QED) is 0.113. The van der Waals surface area contributed by atoms with Crippen molar-refractivity contribution in [3.05, 3.63) is 149 Å². The maximum atomic E-state index is 15.5. The van der Waals surface area contributed by atoms with Gasteiger partial charge in [-0.05, 0) is 90.6 Å². The summed E-state index contributed by atoms with van der Waals surface area (Å²) in [5, 5.41) is 13.9. The Kier molecular flexibility index (Phi) is 7.54. The molecule has 9 rings (SSSR count). The number of hydrogen-bond acceptors (Lipinski definition) is 6. The Bertz CT molecular complexity index is 2440. The fraction of sp³-hybridized carbons (Fsp3) is 0.205. The highest BCUT2D eigenvalue weighted by atomic mass is 35.5. The number of carbonyl (C=O) groups excluding carboxylic acids is 5. The number of ketones is 1. The van der Waals surface area contributed by atoms with Crippen molar-refractivity contribution >= 4 is 63.2 Å². The van der Waals surface area contributed by atoms with E-state index in [9.17, 15) is 19.5 Å². The number of rotatable bonds is 5. The van der Waals surface area contributed by atoms with E-state index in [4.69, 9.17) is 11.6 Å². The SMILES string of the molecule is CC(=O)c1ccc(N2C(=O)C3CC=C4C(CC5C(=O)N(c6cccc(Cl)c6)C(=O)C5(c5ccccc5)C4c4c(O)ccc5ccccc45)C3C2=O)cc1. The van der Waals surface area contributed by atoms with Crippen LogP contribution in [-0.2, 0) is 24.6 Å². The molecule has 4 aliphatic rings. The lowest BCUT2D eigenvalue weighted by atomic mass is 9.48. The molecule has 4 amide bonds. The molecular weight excluding hydrogens is 688 g/mol. The number of hydrogen-bond donors (Lipinski definition) is 1. The van der Waals surface area contributed by atoms with Gasteiger partial charge in [0.05, 0.1) is 34.5 Å². The van der Waals surface area contributed by atoms with E-state index in [1.165, 1.54) is 16.7 Å². The van der Waals surface area contributed by atoms with Gasteiger partial charge in [0, 0.05) is 22.1 Å². The number of amides is 4. The van der Waals surface area contributed by atoms with Crippen LogP contribution < -0.4 is 9.80 Å². The number of imide groups is 2. The van der Waals surface area contributed by atoms with E-state index in [1.807, 2.05) is 66.7 Å². The highest BCUT2D eigenvalue weighted by molar-refractivity contribution is 6.32. The summed E-state index contributed by atoms with van der Waals surface area (Å²) in [6.07, 6.45) is 2.34. The summed E-state index contributed by atoms with van der Waals surface area (Å²) in [4.78, 5) is 73.8. The van der Waals surface area contributed by atoms with Gasteiger partial charge in [-0.2, -0.15) is 0 Å². The monoisotopic (exact) mass is 720 g/mol. The first-order chi connectivity index (χ1) is 25.6. The number of anilines is 2. The Morgan fingerprint density at radius 1 is 0.755 bits per heavy atom. The second-order valence-corrected chi connectivity index (χ2v) is 14.9. The van der Waals surface area contributed by atoms with E-state index in [-0.39, 0.29) is 36.2 Å². The number of phenols is 1. The second-order valence-electron chi connectivity index (χ2n) is 14.4. The van der Waals surface area contributed by atoms with Gasteiger partial charge in [-0.15, -0.1) is 0 Å². The largest absolute Gasteiger partial charge is 0.508 e. The van der Waals surface area contributed by atoms with Crippen LogP contribution in [0.5, 0.6) is 5.75 Å². The van der Waals surface area contributed by atoms with Gasteiger partial charge in [-0.3, -0.25) is 28.9 Å². The number of nitrogens with zero attached hydrogens (tertiary/aromatic N) is 2. The van der Waals surface area contributed by atoms with E-state index in [0.29, 0.717) is 33.1 Å². The zero-order chi connectivity index (χ0) is 36.8. The van der Waals surface area contributed by atoms with Crippen LogP contribution in [0, 0.1) is 23.7 Å². The zero-order valence-electron chi connectivity index (χ0n) is 28.6. The summed E-state index contributed by atoms with van der Waals surface area (Å²) in [5.41, 5.74) is 1.51. The number of allylic oxidation sites excluding steroid dienone is 2. The zero-order valence-corrected chi connectivity index (χ0v) is 29.4. The van der Waals surface area contributed by atoms with Crippen LogP contribution in [0.25, 0.3) is 10.8 Å². The molecule has 2 heterocycles. The van der Waals surface area contributed by atoms with E-state index in [2.05, 4.69) is 0 Å². The van der Waals surface area contributed by atoms with Crippen molar-refractivity contribution in [3.8, 4) is 5.75 Å². The average Bonchev–Trinajstić information content (AvgIpc) is 3.56. The lowest BCUT2D eigenvalue weighted by Gasteiger charge is -2.51. The third-order valence-electron chi connectivity index (χ3n) is 11.9. The number of aromatic hydroxyl groups is 1. The summed E-state index contributed by atoms with van der Waals surface area (Å²) in [7, 11) is 0. The predicted octanol–water partition coefficient (Wildman–Crippen LogP) is 7.77. The molecule has 9 heteroatoms. The summed E-state index contributed by atoms with van der Waals surface area (Å²) in [6, 6.07) is 33.4. The van der Waals surface area contributed by atoms with Crippen LogP contribution in [0.15, 0.2) is 127 Å². The van der Waals surface area contributed by atoms with Gasteiger partial charge >= 0.3 is 0 Å². The number of phenolic OH excluding ortho intramolecular Hbond substituents is 1. The molecule has 0 bridgehead atoms. The molecular formula is C44H33ClN2O6. The lowest BCUT2D eigenvalue weighted by Crippen LogP contribution is -2.53. The van der Waals surface area contributed by atoms with Gasteiger partial charge in [-0.1, -0.05) is 90.0 Å². The number of halogens is 1. The predicted molar refractivity (Wildman–Crippen MR) is 201 cm³/mol. The molecule has 5 aromatic rings. The summed E-state index contributed by atoms with van der Waals surface area (Å²) >= 11 is 6.43. The Morgan fingerprint density at radius 2 is 1.49 bits per heavy atom. The Hall–Kier alpha value is -5.86. The second kappa shape index (κ2) is 12.1. The van der Waals surface area contributed by atoms with Crippen LogP contribution >= 0.6 is 11.6 Å². The average molecular weight is 721 g/mol. The molecule has 2 aliphatic carbocycles. The Morgan fingerprint density at radius 3 is 2.23 bits per heavy atom. The van der Waals surface area contributed by atoms with Gasteiger partial charge in [0.2, 0.25) is 23.6 Å². The van der Waals surface area contributed by atoms with Gasteiger partial charge in [0.15, 0.2) is 5.78 Å².